The number of hydrogen-bond donors (Lipinski definition) is 2. The Morgan fingerprint density at radius 2 is 1.86 bits per heavy atom. The fourth-order valence-electron chi connectivity index (χ4n) is 0. The van der Waals surface area contributed by atoms with Gasteiger partial charge in [0.1, 0.15) is 6.10 Å². The van der Waals surface area contributed by atoms with Crippen molar-refractivity contribution in [1.82, 2.24) is 0 Å². The molecule has 0 saturated heterocycles. The molecular formula is C3H8O3Po. The van der Waals surface area contributed by atoms with Crippen molar-refractivity contribution in [2.45, 2.75) is 13.0 Å². The Bertz CT molecular complexity index is 61.2. The van der Waals surface area contributed by atoms with Crippen LogP contribution < -0.4 is 0 Å². The number of carboxylic acid groups (broad SMARTS) is 1. The number of carbonyl (C=O) groups is 1. The van der Waals surface area contributed by atoms with Gasteiger partial charge in [0.15, 0.2) is 0 Å². The van der Waals surface area contributed by atoms with E-state index in [1.165, 1.54) is 6.92 Å². The van der Waals surface area contributed by atoms with Gasteiger partial charge in [0.25, 0.3) is 0 Å². The second kappa shape index (κ2) is 4.48. The quantitative estimate of drug-likeness (QED) is 0.622. The van der Waals surface area contributed by atoms with E-state index in [-0.39, 0.29) is 26.6 Å². The van der Waals surface area contributed by atoms with Crippen LogP contribution in [0.15, 0.2) is 0 Å². The fourth-order valence-corrected chi connectivity index (χ4v) is 0. The van der Waals surface area contributed by atoms with Gasteiger partial charge in [-0.1, -0.05) is 0 Å². The molecule has 0 heterocycles. The maximum atomic E-state index is 9.45. The zero-order valence-corrected chi connectivity index (χ0v) is 7.77. The van der Waals surface area contributed by atoms with Gasteiger partial charge in [-0.25, -0.2) is 4.79 Å². The van der Waals surface area contributed by atoms with E-state index in [9.17, 15) is 4.79 Å². The monoisotopic (exact) mass is 301 g/mol. The third-order valence-electron chi connectivity index (χ3n) is 0.357. The average molecular weight is 301 g/mol. The fraction of sp³-hybridized carbons (Fsp3) is 0.667. The van der Waals surface area contributed by atoms with Crippen LogP contribution >= 0.6 is 0 Å². The molecule has 3 nitrogen and oxygen atoms in total. The molecule has 4 heteroatoms. The molecule has 0 aliphatic carbocycles. The third-order valence-corrected chi connectivity index (χ3v) is 0.357. The Morgan fingerprint density at radius 3 is 1.86 bits per heavy atom. The first kappa shape index (κ1) is 10.3. The molecular weight excluding hydrogens is 293 g/mol. The van der Waals surface area contributed by atoms with Crippen LogP contribution in [-0.2, 0) is 4.79 Å². The van der Waals surface area contributed by atoms with E-state index in [1.807, 2.05) is 0 Å². The van der Waals surface area contributed by atoms with Crippen LogP contribution in [0.25, 0.3) is 0 Å². The molecule has 44 valence electrons. The summed E-state index contributed by atoms with van der Waals surface area (Å²) in [5, 5.41) is 15.8. The van der Waals surface area contributed by atoms with Crippen molar-refractivity contribution in [3.05, 3.63) is 0 Å². The molecule has 1 unspecified atom stereocenters. The summed E-state index contributed by atoms with van der Waals surface area (Å²) in [6.07, 6.45) is -1.23. The summed E-state index contributed by atoms with van der Waals surface area (Å²) < 4.78 is 0. The van der Waals surface area contributed by atoms with Gasteiger partial charge < -0.3 is 10.2 Å². The maximum absolute atomic E-state index is 9.45. The SMILES string of the molecule is CC(O)C(=O)O.[PoH2]. The predicted octanol–water partition coefficient (Wildman–Crippen LogP) is -1.46. The van der Waals surface area contributed by atoms with Crippen molar-refractivity contribution in [3.63, 3.8) is 0 Å². The van der Waals surface area contributed by atoms with E-state index in [1.54, 1.807) is 0 Å². The molecule has 0 saturated carbocycles. The van der Waals surface area contributed by atoms with E-state index < -0.39 is 12.1 Å². The van der Waals surface area contributed by atoms with E-state index in [4.69, 9.17) is 10.2 Å². The summed E-state index contributed by atoms with van der Waals surface area (Å²) >= 11 is 0. The average Bonchev–Trinajstić information content (AvgIpc) is 1.36. The molecule has 0 amide bonds. The summed E-state index contributed by atoms with van der Waals surface area (Å²) in [6.45, 7) is 1.20. The standard InChI is InChI=1S/C3H6O3.Po.2H/c1-2(4)3(5)6;;;/h2,4H,1H3,(H,5,6);;;. The summed E-state index contributed by atoms with van der Waals surface area (Å²) in [5.74, 6) is -1.19. The molecule has 0 bridgehead atoms. The molecule has 2 N–H and O–H groups in total. The minimum atomic E-state index is -1.23. The van der Waals surface area contributed by atoms with Crippen LogP contribution in [0.3, 0.4) is 0 Å². The van der Waals surface area contributed by atoms with Gasteiger partial charge in [-0.05, 0) is 6.92 Å². The van der Waals surface area contributed by atoms with Crippen LogP contribution in [0.2, 0.25) is 0 Å². The molecule has 0 aliphatic rings. The van der Waals surface area contributed by atoms with Crippen LogP contribution in [-0.4, -0.2) is 48.9 Å². The van der Waals surface area contributed by atoms with E-state index in [0.717, 1.165) is 0 Å². The van der Waals surface area contributed by atoms with Crippen LogP contribution in [0, 0.1) is 0 Å². The van der Waals surface area contributed by atoms with Crippen molar-refractivity contribution in [2.24, 2.45) is 0 Å². The normalized spacial score (nSPS) is 11.7. The zero-order chi connectivity index (χ0) is 5.15. The molecule has 7 heavy (non-hydrogen) atoms. The van der Waals surface area contributed by atoms with Crippen molar-refractivity contribution < 1.29 is 15.0 Å². The van der Waals surface area contributed by atoms with E-state index in [0.29, 0.717) is 0 Å². The van der Waals surface area contributed by atoms with Gasteiger partial charge in [-0.3, -0.25) is 0 Å². The summed E-state index contributed by atoms with van der Waals surface area (Å²) in [5.41, 5.74) is 0. The second-order valence-electron chi connectivity index (χ2n) is 1.01. The summed E-state index contributed by atoms with van der Waals surface area (Å²) in [6, 6.07) is 0. The number of aliphatic hydroxyl groups is 1. The summed E-state index contributed by atoms with van der Waals surface area (Å²) in [7, 11) is 0. The topological polar surface area (TPSA) is 57.5 Å². The summed E-state index contributed by atoms with van der Waals surface area (Å²) in [4.78, 5) is 9.45. The van der Waals surface area contributed by atoms with Gasteiger partial charge in [0.2, 0.25) is 0 Å². The van der Waals surface area contributed by atoms with Gasteiger partial charge >= 0.3 is 32.5 Å². The van der Waals surface area contributed by atoms with Crippen LogP contribution in [0.5, 0.6) is 0 Å². The number of rotatable bonds is 1. The third kappa shape index (κ3) is 6.33. The molecule has 0 aromatic carbocycles. The molecule has 0 aromatic rings. The molecule has 0 spiro atoms. The number of carboxylic acids is 1. The first-order valence-corrected chi connectivity index (χ1v) is 1.55. The molecule has 0 aliphatic heterocycles. The van der Waals surface area contributed by atoms with Crippen molar-refractivity contribution in [2.75, 3.05) is 0 Å². The van der Waals surface area contributed by atoms with Gasteiger partial charge in [0, 0.05) is 0 Å². The number of aliphatic carboxylic acids is 1. The molecule has 0 fully saturated rings. The molecule has 1 atom stereocenters. The zero-order valence-electron chi connectivity index (χ0n) is 3.88. The van der Waals surface area contributed by atoms with Crippen LogP contribution in [0.1, 0.15) is 6.92 Å². The molecule has 0 radical (unpaired) electrons. The Labute approximate surface area is 60.8 Å². The number of aliphatic hydroxyl groups excluding tert-OH is 1. The van der Waals surface area contributed by atoms with Crippen LogP contribution in [0.4, 0.5) is 0 Å². The van der Waals surface area contributed by atoms with Crippen molar-refractivity contribution in [1.29, 1.82) is 0 Å². The van der Waals surface area contributed by atoms with Crippen molar-refractivity contribution in [3.8, 4) is 0 Å². The molecule has 0 aromatic heterocycles. The predicted molar refractivity (Wildman–Crippen MR) is 27.9 cm³/mol. The number of hydrogen-bond acceptors (Lipinski definition) is 2. The Hall–Kier alpha value is 0.326. The second-order valence-corrected chi connectivity index (χ2v) is 1.01. The first-order valence-electron chi connectivity index (χ1n) is 1.55. The molecule has 0 rings (SSSR count). The first-order chi connectivity index (χ1) is 2.64. The van der Waals surface area contributed by atoms with Gasteiger partial charge in [-0.2, -0.15) is 0 Å². The van der Waals surface area contributed by atoms with Gasteiger partial charge in [-0.15, -0.1) is 0 Å². The Balaban J connectivity index is 0. The van der Waals surface area contributed by atoms with Crippen molar-refractivity contribution >= 4 is 32.5 Å². The van der Waals surface area contributed by atoms with E-state index in [2.05, 4.69) is 0 Å². The van der Waals surface area contributed by atoms with E-state index >= 15 is 0 Å². The Kier molecular flexibility index (Phi) is 6.62. The Morgan fingerprint density at radius 1 is 1.71 bits per heavy atom. The van der Waals surface area contributed by atoms with Gasteiger partial charge in [0.05, 0.1) is 0 Å². The minimum absolute atomic E-state index is 0.